The molecule has 0 aliphatic carbocycles. The van der Waals surface area contributed by atoms with E-state index in [0.717, 1.165) is 28.7 Å². The molecule has 0 atom stereocenters. The van der Waals surface area contributed by atoms with E-state index in [1.807, 2.05) is 20.8 Å². The van der Waals surface area contributed by atoms with Gasteiger partial charge in [-0.3, -0.25) is 0 Å². The van der Waals surface area contributed by atoms with E-state index in [2.05, 4.69) is 0 Å². The summed E-state index contributed by atoms with van der Waals surface area (Å²) in [5, 5.41) is 0. The summed E-state index contributed by atoms with van der Waals surface area (Å²) in [5.74, 6) is -0.451. The van der Waals surface area contributed by atoms with Crippen molar-refractivity contribution in [2.24, 2.45) is 0 Å². The number of hydrogen-bond donors (Lipinski definition) is 0. The van der Waals surface area contributed by atoms with E-state index >= 15 is 0 Å². The standard InChI is InChI=1S/C17H18F2/c1-4-15(16-9-13(18)7-5-11(16)2)17-10-14(19)8-6-12(17)3/h5-10,15H,4H2,1-3H3. The zero-order valence-corrected chi connectivity index (χ0v) is 11.5. The highest BCUT2D eigenvalue weighted by atomic mass is 19.1. The van der Waals surface area contributed by atoms with Gasteiger partial charge in [-0.25, -0.2) is 8.78 Å². The first-order chi connectivity index (χ1) is 9.02. The van der Waals surface area contributed by atoms with Crippen molar-refractivity contribution in [2.45, 2.75) is 33.1 Å². The second-order valence-corrected chi connectivity index (χ2v) is 4.96. The van der Waals surface area contributed by atoms with Gasteiger partial charge in [0.1, 0.15) is 11.6 Å². The van der Waals surface area contributed by atoms with Crippen molar-refractivity contribution in [3.05, 3.63) is 70.3 Å². The zero-order chi connectivity index (χ0) is 14.0. The Morgan fingerprint density at radius 1 is 0.842 bits per heavy atom. The van der Waals surface area contributed by atoms with Crippen LogP contribution in [0, 0.1) is 25.5 Å². The van der Waals surface area contributed by atoms with Crippen LogP contribution < -0.4 is 0 Å². The van der Waals surface area contributed by atoms with Crippen molar-refractivity contribution >= 4 is 0 Å². The lowest BCUT2D eigenvalue weighted by molar-refractivity contribution is 0.615. The van der Waals surface area contributed by atoms with Crippen molar-refractivity contribution in [1.29, 1.82) is 0 Å². The van der Waals surface area contributed by atoms with Gasteiger partial charge in [-0.15, -0.1) is 0 Å². The molecular weight excluding hydrogens is 242 g/mol. The molecule has 0 aliphatic rings. The summed E-state index contributed by atoms with van der Waals surface area (Å²) in [7, 11) is 0. The lowest BCUT2D eigenvalue weighted by atomic mass is 9.84. The molecule has 0 bridgehead atoms. The largest absolute Gasteiger partial charge is 0.207 e. The quantitative estimate of drug-likeness (QED) is 0.718. The number of hydrogen-bond acceptors (Lipinski definition) is 0. The molecule has 0 aromatic heterocycles. The molecule has 0 amide bonds. The van der Waals surface area contributed by atoms with Crippen LogP contribution in [-0.4, -0.2) is 0 Å². The van der Waals surface area contributed by atoms with Gasteiger partial charge in [0.2, 0.25) is 0 Å². The predicted molar refractivity (Wildman–Crippen MR) is 74.4 cm³/mol. The first-order valence-corrected chi connectivity index (χ1v) is 6.55. The molecule has 0 fully saturated rings. The Labute approximate surface area is 113 Å². The molecule has 0 heterocycles. The average molecular weight is 260 g/mol. The fourth-order valence-corrected chi connectivity index (χ4v) is 2.58. The molecule has 100 valence electrons. The minimum atomic E-state index is -0.242. The monoisotopic (exact) mass is 260 g/mol. The number of rotatable bonds is 3. The minimum Gasteiger partial charge on any atom is -0.207 e. The fraction of sp³-hybridized carbons (Fsp3) is 0.294. The van der Waals surface area contributed by atoms with Crippen molar-refractivity contribution in [2.75, 3.05) is 0 Å². The Bertz CT molecular complexity index is 536. The summed E-state index contributed by atoms with van der Waals surface area (Å²) in [6, 6.07) is 9.61. The van der Waals surface area contributed by atoms with Gasteiger partial charge in [-0.05, 0) is 66.8 Å². The summed E-state index contributed by atoms with van der Waals surface area (Å²) in [5.41, 5.74) is 3.96. The van der Waals surface area contributed by atoms with Gasteiger partial charge in [0.25, 0.3) is 0 Å². The lowest BCUT2D eigenvalue weighted by Gasteiger charge is -2.20. The van der Waals surface area contributed by atoms with Gasteiger partial charge < -0.3 is 0 Å². The zero-order valence-electron chi connectivity index (χ0n) is 11.5. The van der Waals surface area contributed by atoms with Crippen molar-refractivity contribution in [1.82, 2.24) is 0 Å². The van der Waals surface area contributed by atoms with Crippen molar-refractivity contribution in [3.63, 3.8) is 0 Å². The summed E-state index contributed by atoms with van der Waals surface area (Å²) in [6.07, 6.45) is 0.814. The van der Waals surface area contributed by atoms with Gasteiger partial charge in [-0.2, -0.15) is 0 Å². The molecule has 0 radical (unpaired) electrons. The van der Waals surface area contributed by atoms with Crippen molar-refractivity contribution in [3.8, 4) is 0 Å². The molecule has 2 rings (SSSR count). The number of aryl methyl sites for hydroxylation is 2. The van der Waals surface area contributed by atoms with Gasteiger partial charge in [0.15, 0.2) is 0 Å². The lowest BCUT2D eigenvalue weighted by Crippen LogP contribution is -2.05. The van der Waals surface area contributed by atoms with E-state index in [4.69, 9.17) is 0 Å². The SMILES string of the molecule is CCC(c1cc(F)ccc1C)c1cc(F)ccc1C. The summed E-state index contributed by atoms with van der Waals surface area (Å²) in [4.78, 5) is 0. The normalized spacial score (nSPS) is 11.1. The number of halogens is 2. The maximum atomic E-state index is 13.5. The predicted octanol–water partition coefficient (Wildman–Crippen LogP) is 5.12. The van der Waals surface area contributed by atoms with Crippen LogP contribution in [0.25, 0.3) is 0 Å². The molecular formula is C17H18F2. The molecule has 0 aliphatic heterocycles. The van der Waals surface area contributed by atoms with E-state index in [1.165, 1.54) is 12.1 Å². The molecule has 0 spiro atoms. The van der Waals surface area contributed by atoms with Crippen LogP contribution in [0.2, 0.25) is 0 Å². The Hall–Kier alpha value is -1.70. The molecule has 2 heteroatoms. The van der Waals surface area contributed by atoms with E-state index in [9.17, 15) is 8.78 Å². The third kappa shape index (κ3) is 2.83. The van der Waals surface area contributed by atoms with Crippen LogP contribution in [0.5, 0.6) is 0 Å². The molecule has 0 unspecified atom stereocenters. The van der Waals surface area contributed by atoms with Crippen LogP contribution >= 0.6 is 0 Å². The highest BCUT2D eigenvalue weighted by Crippen LogP contribution is 2.32. The molecule has 0 nitrogen and oxygen atoms in total. The van der Waals surface area contributed by atoms with Crippen LogP contribution in [0.15, 0.2) is 36.4 Å². The topological polar surface area (TPSA) is 0 Å². The molecule has 0 saturated carbocycles. The van der Waals surface area contributed by atoms with Crippen molar-refractivity contribution < 1.29 is 8.78 Å². The van der Waals surface area contributed by atoms with Crippen LogP contribution in [0.1, 0.15) is 41.5 Å². The van der Waals surface area contributed by atoms with E-state index in [-0.39, 0.29) is 17.6 Å². The second kappa shape index (κ2) is 5.52. The molecule has 0 saturated heterocycles. The Balaban J connectivity index is 2.55. The maximum absolute atomic E-state index is 13.5. The summed E-state index contributed by atoms with van der Waals surface area (Å²) < 4.78 is 26.9. The first-order valence-electron chi connectivity index (χ1n) is 6.55. The highest BCUT2D eigenvalue weighted by Gasteiger charge is 2.17. The highest BCUT2D eigenvalue weighted by molar-refractivity contribution is 5.41. The molecule has 0 N–H and O–H groups in total. The summed E-state index contributed by atoms with van der Waals surface area (Å²) >= 11 is 0. The van der Waals surface area contributed by atoms with E-state index < -0.39 is 0 Å². The smallest absolute Gasteiger partial charge is 0.123 e. The first kappa shape index (κ1) is 13.7. The Morgan fingerprint density at radius 3 is 1.63 bits per heavy atom. The third-order valence-electron chi connectivity index (χ3n) is 3.64. The maximum Gasteiger partial charge on any atom is 0.123 e. The molecule has 19 heavy (non-hydrogen) atoms. The summed E-state index contributed by atoms with van der Waals surface area (Å²) in [6.45, 7) is 5.97. The van der Waals surface area contributed by atoms with Gasteiger partial charge in [-0.1, -0.05) is 19.1 Å². The molecule has 2 aromatic rings. The van der Waals surface area contributed by atoms with Crippen LogP contribution in [-0.2, 0) is 0 Å². The molecule has 2 aromatic carbocycles. The van der Waals surface area contributed by atoms with Crippen LogP contribution in [0.4, 0.5) is 8.78 Å². The van der Waals surface area contributed by atoms with Crippen LogP contribution in [0.3, 0.4) is 0 Å². The Morgan fingerprint density at radius 2 is 1.26 bits per heavy atom. The van der Waals surface area contributed by atoms with Gasteiger partial charge in [0, 0.05) is 5.92 Å². The van der Waals surface area contributed by atoms with Gasteiger partial charge in [0.05, 0.1) is 0 Å². The number of benzene rings is 2. The fourth-order valence-electron chi connectivity index (χ4n) is 2.58. The Kier molecular flexibility index (Phi) is 3.98. The average Bonchev–Trinajstić information content (AvgIpc) is 2.38. The minimum absolute atomic E-state index is 0.0337. The van der Waals surface area contributed by atoms with E-state index in [0.29, 0.717) is 0 Å². The second-order valence-electron chi connectivity index (χ2n) is 4.96. The third-order valence-corrected chi connectivity index (χ3v) is 3.64. The van der Waals surface area contributed by atoms with E-state index in [1.54, 1.807) is 24.3 Å². The van der Waals surface area contributed by atoms with Gasteiger partial charge >= 0.3 is 0 Å².